The molecular formula is C13H19NO. The molecule has 0 amide bonds. The van der Waals surface area contributed by atoms with E-state index in [-0.39, 0.29) is 19.6 Å². The van der Waals surface area contributed by atoms with Crippen molar-refractivity contribution in [1.29, 1.82) is 0 Å². The predicted molar refractivity (Wildman–Crippen MR) is 64.4 cm³/mol. The highest BCUT2D eigenvalue weighted by atomic mass is 16.1. The molecule has 1 aromatic carbocycles. The molecule has 1 rings (SSSR count). The van der Waals surface area contributed by atoms with Gasteiger partial charge in [-0.15, -0.1) is 0 Å². The molecule has 0 spiro atoms. The Morgan fingerprint density at radius 3 is 2.40 bits per heavy atom. The maximum Gasteiger partial charge on any atom is 0.151 e. The Morgan fingerprint density at radius 2 is 1.93 bits per heavy atom. The lowest BCUT2D eigenvalue weighted by molar-refractivity contribution is -0.117. The van der Waals surface area contributed by atoms with E-state index < -0.39 is 6.04 Å². The van der Waals surface area contributed by atoms with Crippen molar-refractivity contribution in [3.63, 3.8) is 0 Å². The number of carbonyl (C=O) groups excluding carboxylic acids is 1. The SMILES string of the molecule is [2H]CC(=O)C(C[2H])Nc1c(C)cc(C)cc1C. The van der Waals surface area contributed by atoms with E-state index in [0.29, 0.717) is 0 Å². The van der Waals surface area contributed by atoms with Gasteiger partial charge in [-0.1, -0.05) is 17.7 Å². The van der Waals surface area contributed by atoms with Gasteiger partial charge in [0.2, 0.25) is 0 Å². The van der Waals surface area contributed by atoms with E-state index in [4.69, 9.17) is 2.74 Å². The Labute approximate surface area is 94.5 Å². The van der Waals surface area contributed by atoms with Gasteiger partial charge in [0.25, 0.3) is 0 Å². The molecule has 82 valence electrons. The minimum Gasteiger partial charge on any atom is -0.375 e. The molecule has 1 N–H and O–H groups in total. The molecule has 0 aliphatic carbocycles. The van der Waals surface area contributed by atoms with Crippen molar-refractivity contribution in [3.8, 4) is 0 Å². The molecule has 1 unspecified atom stereocenters. The third kappa shape index (κ3) is 2.82. The Bertz CT molecular complexity index is 395. The molecular weight excluding hydrogens is 186 g/mol. The van der Waals surface area contributed by atoms with Crippen LogP contribution in [0.25, 0.3) is 0 Å². The first-order valence-electron chi connectivity index (χ1n) is 6.36. The van der Waals surface area contributed by atoms with Crippen LogP contribution in [0.4, 0.5) is 5.69 Å². The molecule has 0 aliphatic heterocycles. The van der Waals surface area contributed by atoms with Gasteiger partial charge in [0.1, 0.15) is 0 Å². The van der Waals surface area contributed by atoms with E-state index in [9.17, 15) is 4.79 Å². The summed E-state index contributed by atoms with van der Waals surface area (Å²) >= 11 is 0. The van der Waals surface area contributed by atoms with Gasteiger partial charge in [0, 0.05) is 8.43 Å². The van der Waals surface area contributed by atoms with Crippen molar-refractivity contribution in [2.75, 3.05) is 5.32 Å². The average Bonchev–Trinajstić information content (AvgIpc) is 2.27. The molecule has 1 atom stereocenters. The van der Waals surface area contributed by atoms with Crippen LogP contribution in [-0.2, 0) is 4.79 Å². The molecule has 0 aliphatic rings. The molecule has 2 heteroatoms. The number of benzene rings is 1. The van der Waals surface area contributed by atoms with Crippen LogP contribution in [0, 0.1) is 20.8 Å². The summed E-state index contributed by atoms with van der Waals surface area (Å²) in [5.74, 6) is -0.237. The number of ketones is 1. The highest BCUT2D eigenvalue weighted by Gasteiger charge is 2.10. The number of Topliss-reactive ketones (excluding diaryl/α,β-unsaturated/α-hetero) is 1. The zero-order valence-corrected chi connectivity index (χ0v) is 9.55. The molecule has 0 heterocycles. The van der Waals surface area contributed by atoms with Crippen LogP contribution in [0.1, 0.15) is 33.2 Å². The van der Waals surface area contributed by atoms with Crippen LogP contribution in [0.15, 0.2) is 12.1 Å². The maximum absolute atomic E-state index is 11.5. The summed E-state index contributed by atoms with van der Waals surface area (Å²) in [6, 6.07) is 3.51. The number of hydrogen-bond acceptors (Lipinski definition) is 2. The molecule has 0 bridgehead atoms. The molecule has 0 saturated heterocycles. The molecule has 0 radical (unpaired) electrons. The molecule has 1 aromatic rings. The normalized spacial score (nSPS) is 14.1. The van der Waals surface area contributed by atoms with Crippen LogP contribution < -0.4 is 5.32 Å². The Morgan fingerprint density at radius 1 is 1.33 bits per heavy atom. The van der Waals surface area contributed by atoms with E-state index in [0.717, 1.165) is 16.8 Å². The highest BCUT2D eigenvalue weighted by Crippen LogP contribution is 2.22. The summed E-state index contributed by atoms with van der Waals surface area (Å²) in [6.45, 7) is 5.68. The average molecular weight is 207 g/mol. The molecule has 0 fully saturated rings. The first kappa shape index (κ1) is 8.96. The fourth-order valence-electron chi connectivity index (χ4n) is 1.66. The molecule has 2 nitrogen and oxygen atoms in total. The maximum atomic E-state index is 11.5. The quantitative estimate of drug-likeness (QED) is 0.825. The standard InChI is InChI=1S/C13H19NO/c1-8-6-9(2)13(10(3)7-8)14-11(4)12(5)15/h6-7,11,14H,1-5H3/i4D,5D. The number of nitrogens with one attached hydrogen (secondary N) is 1. The van der Waals surface area contributed by atoms with Crippen molar-refractivity contribution < 1.29 is 7.54 Å². The second-order valence-electron chi connectivity index (χ2n) is 3.94. The Kier molecular flexibility index (Phi) is 2.67. The molecule has 0 saturated carbocycles. The summed E-state index contributed by atoms with van der Waals surface area (Å²) in [6.07, 6.45) is 0. The summed E-state index contributed by atoms with van der Waals surface area (Å²) < 4.78 is 14.4. The Hall–Kier alpha value is -1.31. The lowest BCUT2D eigenvalue weighted by Crippen LogP contribution is -2.24. The summed E-state index contributed by atoms with van der Waals surface area (Å²) in [5, 5.41) is 3.09. The van der Waals surface area contributed by atoms with Gasteiger partial charge in [0.05, 0.1) is 6.04 Å². The third-order valence-electron chi connectivity index (χ3n) is 2.38. The summed E-state index contributed by atoms with van der Waals surface area (Å²) in [5.41, 5.74) is 4.23. The van der Waals surface area contributed by atoms with Gasteiger partial charge in [-0.2, -0.15) is 0 Å². The number of carbonyl (C=O) groups is 1. The fraction of sp³-hybridized carbons (Fsp3) is 0.462. The van der Waals surface area contributed by atoms with Gasteiger partial charge >= 0.3 is 0 Å². The minimum absolute atomic E-state index is 0.0372. The van der Waals surface area contributed by atoms with Crippen molar-refractivity contribution in [2.45, 2.75) is 40.6 Å². The van der Waals surface area contributed by atoms with E-state index >= 15 is 0 Å². The van der Waals surface area contributed by atoms with E-state index in [1.54, 1.807) is 0 Å². The van der Waals surface area contributed by atoms with Crippen molar-refractivity contribution in [2.24, 2.45) is 0 Å². The highest BCUT2D eigenvalue weighted by molar-refractivity contribution is 5.84. The van der Waals surface area contributed by atoms with Gasteiger partial charge < -0.3 is 5.32 Å². The molecule has 15 heavy (non-hydrogen) atoms. The van der Waals surface area contributed by atoms with Crippen molar-refractivity contribution in [1.82, 2.24) is 0 Å². The van der Waals surface area contributed by atoms with Crippen molar-refractivity contribution in [3.05, 3.63) is 28.8 Å². The van der Waals surface area contributed by atoms with Crippen LogP contribution in [0.5, 0.6) is 0 Å². The van der Waals surface area contributed by atoms with Crippen LogP contribution in [-0.4, -0.2) is 11.8 Å². The lowest BCUT2D eigenvalue weighted by atomic mass is 10.0. The van der Waals surface area contributed by atoms with E-state index in [1.165, 1.54) is 5.56 Å². The van der Waals surface area contributed by atoms with Crippen LogP contribution in [0.2, 0.25) is 0 Å². The number of aryl methyl sites for hydroxylation is 3. The van der Waals surface area contributed by atoms with Gasteiger partial charge in [-0.3, -0.25) is 4.79 Å². The summed E-state index contributed by atoms with van der Waals surface area (Å²) in [7, 11) is 0. The Balaban J connectivity index is 2.98. The first-order valence-corrected chi connectivity index (χ1v) is 4.95. The minimum atomic E-state index is -0.576. The lowest BCUT2D eigenvalue weighted by Gasteiger charge is -2.17. The predicted octanol–water partition coefficient (Wildman–Crippen LogP) is 3.00. The smallest absolute Gasteiger partial charge is 0.151 e. The second kappa shape index (κ2) is 4.47. The monoisotopic (exact) mass is 207 g/mol. The van der Waals surface area contributed by atoms with E-state index in [1.807, 2.05) is 32.9 Å². The number of hydrogen-bond donors (Lipinski definition) is 1. The zero-order valence-electron chi connectivity index (χ0n) is 11.6. The molecule has 0 aromatic heterocycles. The number of rotatable bonds is 3. The van der Waals surface area contributed by atoms with E-state index in [2.05, 4.69) is 5.32 Å². The third-order valence-corrected chi connectivity index (χ3v) is 2.38. The number of anilines is 1. The fourth-order valence-corrected chi connectivity index (χ4v) is 1.66. The van der Waals surface area contributed by atoms with Gasteiger partial charge in [-0.05, 0) is 45.7 Å². The van der Waals surface area contributed by atoms with Crippen LogP contribution >= 0.6 is 0 Å². The van der Waals surface area contributed by atoms with Gasteiger partial charge in [0.15, 0.2) is 5.78 Å². The van der Waals surface area contributed by atoms with Crippen LogP contribution in [0.3, 0.4) is 0 Å². The van der Waals surface area contributed by atoms with Crippen molar-refractivity contribution >= 4 is 11.5 Å². The van der Waals surface area contributed by atoms with Gasteiger partial charge in [-0.25, -0.2) is 0 Å². The largest absolute Gasteiger partial charge is 0.375 e. The second-order valence-corrected chi connectivity index (χ2v) is 3.94. The zero-order chi connectivity index (χ0) is 13.0. The first-order chi connectivity index (χ1) is 7.99. The topological polar surface area (TPSA) is 29.1 Å². The summed E-state index contributed by atoms with van der Waals surface area (Å²) in [4.78, 5) is 11.5.